The molecule has 4 rings (SSSR count). The van der Waals surface area contributed by atoms with Gasteiger partial charge in [0.2, 0.25) is 0 Å². The Morgan fingerprint density at radius 1 is 1.02 bits per heavy atom. The molecular formula is C33H33BrN4O8S. The highest BCUT2D eigenvalue weighted by molar-refractivity contribution is 9.10. The van der Waals surface area contributed by atoms with Gasteiger partial charge in [-0.25, -0.2) is 15.0 Å². The molecule has 0 saturated heterocycles. The van der Waals surface area contributed by atoms with E-state index in [0.717, 1.165) is 5.56 Å². The van der Waals surface area contributed by atoms with Crippen LogP contribution in [0.2, 0.25) is 0 Å². The number of carboxylic acid groups (broad SMARTS) is 1. The third kappa shape index (κ3) is 9.30. The summed E-state index contributed by atoms with van der Waals surface area (Å²) in [6, 6.07) is 16.2. The minimum absolute atomic E-state index is 0.186. The second-order valence-electron chi connectivity index (χ2n) is 9.96. The number of nitrogens with one attached hydrogen (secondary N) is 3. The van der Waals surface area contributed by atoms with Gasteiger partial charge in [0, 0.05) is 11.3 Å². The average Bonchev–Trinajstić information content (AvgIpc) is 3.03. The number of ether oxygens (including phenoxy) is 4. The average molecular weight is 726 g/mol. The topological polar surface area (TPSA) is 157 Å². The number of hydrogen-bond acceptors (Lipinski definition) is 9. The Morgan fingerprint density at radius 2 is 1.77 bits per heavy atom. The van der Waals surface area contributed by atoms with E-state index in [1.54, 1.807) is 62.4 Å². The Labute approximate surface area is 285 Å². The van der Waals surface area contributed by atoms with Crippen molar-refractivity contribution in [3.05, 3.63) is 98.7 Å². The molecule has 1 heterocycles. The van der Waals surface area contributed by atoms with Crippen LogP contribution in [0.4, 0.5) is 0 Å². The largest absolute Gasteiger partial charge is 0.490 e. The molecule has 0 unspecified atom stereocenters. The molecule has 0 fully saturated rings. The van der Waals surface area contributed by atoms with Crippen molar-refractivity contribution in [2.45, 2.75) is 33.4 Å². The normalized spacial score (nSPS) is 14.2. The van der Waals surface area contributed by atoms with E-state index in [9.17, 15) is 14.4 Å². The third-order valence-corrected chi connectivity index (χ3v) is 7.48. The van der Waals surface area contributed by atoms with Crippen LogP contribution in [-0.2, 0) is 20.9 Å². The number of carbonyl (C=O) groups is 3. The van der Waals surface area contributed by atoms with Gasteiger partial charge in [0.1, 0.15) is 12.4 Å². The number of benzene rings is 3. The Hall–Kier alpha value is -4.95. The summed E-state index contributed by atoms with van der Waals surface area (Å²) in [5, 5.41) is 19.5. The molecule has 12 nitrogen and oxygen atoms in total. The van der Waals surface area contributed by atoms with Gasteiger partial charge in [-0.3, -0.25) is 4.79 Å². The van der Waals surface area contributed by atoms with Crippen LogP contribution in [0, 0.1) is 0 Å². The van der Waals surface area contributed by atoms with Crippen molar-refractivity contribution in [3.8, 4) is 17.2 Å². The number of para-hydroxylation sites is 1. The highest BCUT2D eigenvalue weighted by Gasteiger charge is 2.32. The predicted molar refractivity (Wildman–Crippen MR) is 182 cm³/mol. The summed E-state index contributed by atoms with van der Waals surface area (Å²) < 4.78 is 23.4. The summed E-state index contributed by atoms with van der Waals surface area (Å²) in [6.07, 6.45) is 1.45. The molecule has 0 aliphatic carbocycles. The highest BCUT2D eigenvalue weighted by Crippen LogP contribution is 2.37. The van der Waals surface area contributed by atoms with Gasteiger partial charge in [0.25, 0.3) is 5.91 Å². The Balaban J connectivity index is 1.40. The van der Waals surface area contributed by atoms with Crippen LogP contribution >= 0.6 is 28.1 Å². The monoisotopic (exact) mass is 724 g/mol. The Bertz CT molecular complexity index is 1710. The lowest BCUT2D eigenvalue weighted by Gasteiger charge is -2.30. The zero-order valence-corrected chi connectivity index (χ0v) is 28.2. The molecule has 4 N–H and O–H groups in total. The minimum atomic E-state index is -1.00. The van der Waals surface area contributed by atoms with Gasteiger partial charge in [0.15, 0.2) is 23.2 Å². The van der Waals surface area contributed by atoms with Crippen molar-refractivity contribution < 1.29 is 38.4 Å². The molecular weight excluding hydrogens is 692 g/mol. The fourth-order valence-corrected chi connectivity index (χ4v) is 5.42. The smallest absolute Gasteiger partial charge is 0.338 e. The summed E-state index contributed by atoms with van der Waals surface area (Å²) >= 11 is 8.83. The first-order valence-corrected chi connectivity index (χ1v) is 15.7. The van der Waals surface area contributed by atoms with Crippen LogP contribution in [-0.4, -0.2) is 54.1 Å². The molecule has 0 spiro atoms. The molecule has 0 saturated carbocycles. The number of carboxylic acids is 1. The van der Waals surface area contributed by atoms with E-state index < -0.39 is 23.9 Å². The molecule has 3 aromatic carbocycles. The van der Waals surface area contributed by atoms with E-state index in [1.165, 1.54) is 18.3 Å². The summed E-state index contributed by atoms with van der Waals surface area (Å²) in [6.45, 7) is 5.72. The van der Waals surface area contributed by atoms with Crippen LogP contribution in [0.15, 0.2) is 81.5 Å². The van der Waals surface area contributed by atoms with Crippen molar-refractivity contribution in [1.29, 1.82) is 0 Å². The van der Waals surface area contributed by atoms with Crippen molar-refractivity contribution >= 4 is 57.3 Å². The van der Waals surface area contributed by atoms with E-state index in [0.29, 0.717) is 55.8 Å². The number of amides is 1. The number of allylic oxidation sites excluding steroid dienone is 1. The lowest BCUT2D eigenvalue weighted by atomic mass is 9.95. The fraction of sp³-hybridized carbons (Fsp3) is 0.242. The number of esters is 1. The van der Waals surface area contributed by atoms with Crippen molar-refractivity contribution in [2.75, 3.05) is 19.8 Å². The summed E-state index contributed by atoms with van der Waals surface area (Å²) in [4.78, 5) is 36.5. The maximum Gasteiger partial charge on any atom is 0.338 e. The fourth-order valence-electron chi connectivity index (χ4n) is 4.58. The molecule has 47 heavy (non-hydrogen) atoms. The predicted octanol–water partition coefficient (Wildman–Crippen LogP) is 5.01. The molecule has 0 radical (unpaired) electrons. The van der Waals surface area contributed by atoms with E-state index in [1.807, 2.05) is 6.92 Å². The summed E-state index contributed by atoms with van der Waals surface area (Å²) in [5.74, 6) is -0.719. The van der Waals surface area contributed by atoms with Gasteiger partial charge in [-0.05, 0) is 90.4 Å². The van der Waals surface area contributed by atoms with Gasteiger partial charge in [-0.15, -0.1) is 0 Å². The van der Waals surface area contributed by atoms with Crippen LogP contribution < -0.4 is 30.3 Å². The Morgan fingerprint density at radius 3 is 2.47 bits per heavy atom. The number of rotatable bonds is 14. The lowest BCUT2D eigenvalue weighted by molar-refractivity contribution is -0.139. The van der Waals surface area contributed by atoms with E-state index in [-0.39, 0.29) is 25.4 Å². The molecule has 1 atom stereocenters. The summed E-state index contributed by atoms with van der Waals surface area (Å²) in [7, 11) is 0. The van der Waals surface area contributed by atoms with Crippen LogP contribution in [0.5, 0.6) is 17.2 Å². The number of aromatic carboxylic acids is 1. The first-order chi connectivity index (χ1) is 22.6. The number of hydrazone groups is 1. The molecule has 0 aromatic heterocycles. The lowest BCUT2D eigenvalue weighted by Crippen LogP contribution is -2.45. The number of hydrogen-bond donors (Lipinski definition) is 4. The van der Waals surface area contributed by atoms with E-state index in [2.05, 4.69) is 37.1 Å². The van der Waals surface area contributed by atoms with Gasteiger partial charge in [0.05, 0.1) is 41.1 Å². The van der Waals surface area contributed by atoms with Gasteiger partial charge < -0.3 is 34.7 Å². The molecule has 14 heteroatoms. The second-order valence-corrected chi connectivity index (χ2v) is 11.2. The van der Waals surface area contributed by atoms with Gasteiger partial charge >= 0.3 is 11.9 Å². The number of nitrogens with zero attached hydrogens (tertiary/aromatic N) is 1. The van der Waals surface area contributed by atoms with Crippen molar-refractivity contribution in [1.82, 2.24) is 16.1 Å². The SMILES string of the molecule is CCOC(=O)C1=C(C)NC(=S)N[C@@H]1c1ccccc1OCC(=O)NN=Cc1cc(Br)c(OCc2ccc(C(=O)O)cc2)c(OCC)c1. The van der Waals surface area contributed by atoms with Gasteiger partial charge in [-0.1, -0.05) is 30.3 Å². The maximum absolute atomic E-state index is 12.8. The maximum atomic E-state index is 12.8. The molecule has 246 valence electrons. The van der Waals surface area contributed by atoms with E-state index in [4.69, 9.17) is 36.3 Å². The highest BCUT2D eigenvalue weighted by atomic mass is 79.9. The standard InChI is InChI=1S/C33H33BrN4O8S/c1-4-43-26-15-21(14-24(34)30(26)46-17-20-10-12-22(13-11-20)31(40)41)16-35-38-27(39)18-45-25-9-7-6-8-23(25)29-28(32(42)44-5-2)19(3)36-33(47)37-29/h6-16,29H,4-5,17-18H2,1-3H3,(H,38,39)(H,40,41)(H2,36,37,47)/t29-/m1/s1. The number of carbonyl (C=O) groups excluding carboxylic acids is 2. The first-order valence-electron chi connectivity index (χ1n) is 14.5. The quantitative estimate of drug-likeness (QED) is 0.0767. The molecule has 0 bridgehead atoms. The van der Waals surface area contributed by atoms with Crippen LogP contribution in [0.25, 0.3) is 0 Å². The van der Waals surface area contributed by atoms with Crippen molar-refractivity contribution in [2.24, 2.45) is 5.10 Å². The third-order valence-electron chi connectivity index (χ3n) is 6.67. The van der Waals surface area contributed by atoms with Crippen molar-refractivity contribution in [3.63, 3.8) is 0 Å². The minimum Gasteiger partial charge on any atom is -0.490 e. The molecule has 1 aliphatic rings. The van der Waals surface area contributed by atoms with E-state index >= 15 is 0 Å². The summed E-state index contributed by atoms with van der Waals surface area (Å²) in [5.41, 5.74) is 5.55. The van der Waals surface area contributed by atoms with Gasteiger partial charge in [-0.2, -0.15) is 5.10 Å². The zero-order chi connectivity index (χ0) is 33.9. The Kier molecular flexibility index (Phi) is 12.3. The van der Waals surface area contributed by atoms with Crippen LogP contribution in [0.1, 0.15) is 53.9 Å². The number of thiocarbonyl (C=S) groups is 1. The molecule has 1 aliphatic heterocycles. The molecule has 1 amide bonds. The molecule has 3 aromatic rings. The number of halogens is 1. The zero-order valence-electron chi connectivity index (χ0n) is 25.8. The van der Waals surface area contributed by atoms with Crippen LogP contribution in [0.3, 0.4) is 0 Å². The first kappa shape index (κ1) is 34.9. The second kappa shape index (κ2) is 16.6.